The minimum Gasteiger partial charge on any atom is -0.481 e. The van der Waals surface area contributed by atoms with Crippen molar-refractivity contribution in [3.8, 4) is 0 Å². The van der Waals surface area contributed by atoms with Crippen molar-refractivity contribution < 1.29 is 14.7 Å². The second-order valence-electron chi connectivity index (χ2n) is 6.11. The number of benzene rings is 1. The lowest BCUT2D eigenvalue weighted by Gasteiger charge is -2.36. The molecule has 1 aliphatic rings. The molecule has 114 valence electrons. The fraction of sp³-hybridized carbons (Fsp3) is 0.529. The Hall–Kier alpha value is -1.84. The Morgan fingerprint density at radius 2 is 2.00 bits per heavy atom. The number of nitrogens with zero attached hydrogens (tertiary/aromatic N) is 1. The molecule has 1 saturated heterocycles. The van der Waals surface area contributed by atoms with Gasteiger partial charge in [-0.15, -0.1) is 0 Å². The summed E-state index contributed by atoms with van der Waals surface area (Å²) in [4.78, 5) is 25.4. The largest absolute Gasteiger partial charge is 0.481 e. The molecule has 21 heavy (non-hydrogen) atoms. The van der Waals surface area contributed by atoms with Gasteiger partial charge in [-0.2, -0.15) is 0 Å². The van der Waals surface area contributed by atoms with Crippen LogP contribution in [0, 0.1) is 19.8 Å². The van der Waals surface area contributed by atoms with Crippen LogP contribution in [0.15, 0.2) is 18.2 Å². The zero-order valence-corrected chi connectivity index (χ0v) is 12.9. The van der Waals surface area contributed by atoms with Crippen LogP contribution in [0.1, 0.15) is 36.5 Å². The number of likely N-dealkylation sites (tertiary alicyclic amines) is 1. The quantitative estimate of drug-likeness (QED) is 0.930. The van der Waals surface area contributed by atoms with Gasteiger partial charge in [0.05, 0.1) is 12.3 Å². The highest BCUT2D eigenvalue weighted by molar-refractivity contribution is 5.80. The van der Waals surface area contributed by atoms with Gasteiger partial charge in [0.15, 0.2) is 0 Å². The molecule has 0 bridgehead atoms. The third-order valence-electron chi connectivity index (χ3n) is 4.40. The number of hydrogen-bond donors (Lipinski definition) is 1. The average molecular weight is 289 g/mol. The van der Waals surface area contributed by atoms with E-state index in [4.69, 9.17) is 5.11 Å². The molecule has 1 N–H and O–H groups in total. The van der Waals surface area contributed by atoms with Crippen molar-refractivity contribution in [1.29, 1.82) is 0 Å². The van der Waals surface area contributed by atoms with Gasteiger partial charge in [0, 0.05) is 12.6 Å². The molecule has 2 rings (SSSR count). The van der Waals surface area contributed by atoms with Gasteiger partial charge < -0.3 is 10.0 Å². The first-order valence-corrected chi connectivity index (χ1v) is 7.47. The summed E-state index contributed by atoms with van der Waals surface area (Å²) in [6.07, 6.45) is 1.77. The molecule has 1 aromatic carbocycles. The molecule has 1 fully saturated rings. The van der Waals surface area contributed by atoms with E-state index >= 15 is 0 Å². The second kappa shape index (κ2) is 6.29. The van der Waals surface area contributed by atoms with Crippen molar-refractivity contribution in [3.63, 3.8) is 0 Å². The number of carboxylic acid groups (broad SMARTS) is 1. The molecule has 4 nitrogen and oxygen atoms in total. The van der Waals surface area contributed by atoms with E-state index < -0.39 is 11.9 Å². The van der Waals surface area contributed by atoms with Crippen molar-refractivity contribution in [1.82, 2.24) is 4.90 Å². The number of carbonyl (C=O) groups is 2. The minimum absolute atomic E-state index is 0.0298. The van der Waals surface area contributed by atoms with E-state index in [-0.39, 0.29) is 11.9 Å². The highest BCUT2D eigenvalue weighted by Gasteiger charge is 2.32. The molecular formula is C17H23NO3. The van der Waals surface area contributed by atoms with E-state index in [1.807, 2.05) is 39.0 Å². The number of rotatable bonds is 3. The first-order chi connectivity index (χ1) is 9.88. The monoisotopic (exact) mass is 289 g/mol. The molecule has 4 heteroatoms. The van der Waals surface area contributed by atoms with Crippen molar-refractivity contribution in [2.45, 2.75) is 46.1 Å². The van der Waals surface area contributed by atoms with Crippen LogP contribution in [0.25, 0.3) is 0 Å². The number of carboxylic acids is 1. The number of hydrogen-bond acceptors (Lipinski definition) is 2. The summed E-state index contributed by atoms with van der Waals surface area (Å²) in [5.41, 5.74) is 3.27. The Bertz CT molecular complexity index is 553. The molecule has 1 amide bonds. The standard InChI is InChI=1S/C17H23NO3/c1-11-4-5-12(2)15(8-11)9-16(19)18-10-14(17(20)21)7-6-13(18)3/h4-5,8,13-14H,6-7,9-10H2,1-3H3,(H,20,21). The Kier molecular flexibility index (Phi) is 4.66. The maximum absolute atomic E-state index is 12.5. The van der Waals surface area contributed by atoms with E-state index in [0.29, 0.717) is 19.4 Å². The van der Waals surface area contributed by atoms with E-state index in [1.54, 1.807) is 4.90 Å². The Balaban J connectivity index is 2.11. The van der Waals surface area contributed by atoms with Crippen molar-refractivity contribution >= 4 is 11.9 Å². The van der Waals surface area contributed by atoms with Crippen LogP contribution >= 0.6 is 0 Å². The Labute approximate surface area is 125 Å². The van der Waals surface area contributed by atoms with Crippen molar-refractivity contribution in [2.75, 3.05) is 6.54 Å². The van der Waals surface area contributed by atoms with Gasteiger partial charge in [0.1, 0.15) is 0 Å². The second-order valence-corrected chi connectivity index (χ2v) is 6.11. The molecule has 0 aliphatic carbocycles. The summed E-state index contributed by atoms with van der Waals surface area (Å²) >= 11 is 0. The average Bonchev–Trinajstić information content (AvgIpc) is 2.43. The van der Waals surface area contributed by atoms with Gasteiger partial charge in [-0.25, -0.2) is 0 Å². The smallest absolute Gasteiger partial charge is 0.308 e. The molecular weight excluding hydrogens is 266 g/mol. The molecule has 1 heterocycles. The summed E-state index contributed by atoms with van der Waals surface area (Å²) in [6.45, 7) is 6.35. The van der Waals surface area contributed by atoms with Gasteiger partial charge in [-0.1, -0.05) is 23.8 Å². The minimum atomic E-state index is -0.800. The van der Waals surface area contributed by atoms with Crippen LogP contribution in [-0.4, -0.2) is 34.5 Å². The Morgan fingerprint density at radius 3 is 2.67 bits per heavy atom. The zero-order valence-electron chi connectivity index (χ0n) is 12.9. The van der Waals surface area contributed by atoms with Crippen LogP contribution < -0.4 is 0 Å². The number of aliphatic carboxylic acids is 1. The van der Waals surface area contributed by atoms with Crippen LogP contribution in [-0.2, 0) is 16.0 Å². The third kappa shape index (κ3) is 3.63. The van der Waals surface area contributed by atoms with Gasteiger partial charge in [0.25, 0.3) is 0 Å². The lowest BCUT2D eigenvalue weighted by molar-refractivity contribution is -0.147. The van der Waals surface area contributed by atoms with E-state index in [9.17, 15) is 9.59 Å². The van der Waals surface area contributed by atoms with E-state index in [1.165, 1.54) is 0 Å². The molecule has 0 spiro atoms. The SMILES string of the molecule is Cc1ccc(C)c(CC(=O)N2CC(C(=O)O)CCC2C)c1. The van der Waals surface area contributed by atoms with Crippen LogP contribution in [0.5, 0.6) is 0 Å². The maximum Gasteiger partial charge on any atom is 0.308 e. The van der Waals surface area contributed by atoms with Crippen LogP contribution in [0.2, 0.25) is 0 Å². The normalized spacial score (nSPS) is 22.1. The molecule has 0 aromatic heterocycles. The third-order valence-corrected chi connectivity index (χ3v) is 4.40. The van der Waals surface area contributed by atoms with E-state index in [0.717, 1.165) is 23.1 Å². The summed E-state index contributed by atoms with van der Waals surface area (Å²) in [7, 11) is 0. The van der Waals surface area contributed by atoms with Gasteiger partial charge in [-0.05, 0) is 44.7 Å². The molecule has 0 radical (unpaired) electrons. The summed E-state index contributed by atoms with van der Waals surface area (Å²) < 4.78 is 0. The predicted molar refractivity (Wildman–Crippen MR) is 81.2 cm³/mol. The predicted octanol–water partition coefficient (Wildman–Crippen LogP) is 2.56. The molecule has 2 atom stereocenters. The van der Waals surface area contributed by atoms with E-state index in [2.05, 4.69) is 0 Å². The number of piperidine rings is 1. The van der Waals surface area contributed by atoms with Gasteiger partial charge in [-0.3, -0.25) is 9.59 Å². The summed E-state index contributed by atoms with van der Waals surface area (Å²) in [5.74, 6) is -1.20. The van der Waals surface area contributed by atoms with Gasteiger partial charge >= 0.3 is 5.97 Å². The molecule has 2 unspecified atom stereocenters. The van der Waals surface area contributed by atoms with Crippen molar-refractivity contribution in [3.05, 3.63) is 34.9 Å². The van der Waals surface area contributed by atoms with Crippen LogP contribution in [0.3, 0.4) is 0 Å². The Morgan fingerprint density at radius 1 is 1.29 bits per heavy atom. The number of amides is 1. The first kappa shape index (κ1) is 15.5. The van der Waals surface area contributed by atoms with Gasteiger partial charge in [0.2, 0.25) is 5.91 Å². The highest BCUT2D eigenvalue weighted by atomic mass is 16.4. The fourth-order valence-electron chi connectivity index (χ4n) is 2.91. The number of carbonyl (C=O) groups excluding carboxylic acids is 1. The lowest BCUT2D eigenvalue weighted by Crippen LogP contribution is -2.48. The topological polar surface area (TPSA) is 57.6 Å². The summed E-state index contributed by atoms with van der Waals surface area (Å²) in [6, 6.07) is 6.22. The molecule has 1 aliphatic heterocycles. The van der Waals surface area contributed by atoms with Crippen LogP contribution in [0.4, 0.5) is 0 Å². The number of aryl methyl sites for hydroxylation is 2. The van der Waals surface area contributed by atoms with Crippen molar-refractivity contribution in [2.24, 2.45) is 5.92 Å². The molecule has 1 aromatic rings. The lowest BCUT2D eigenvalue weighted by atomic mass is 9.92. The first-order valence-electron chi connectivity index (χ1n) is 7.47. The highest BCUT2D eigenvalue weighted by Crippen LogP contribution is 2.23. The summed E-state index contributed by atoms with van der Waals surface area (Å²) in [5, 5.41) is 9.16. The zero-order chi connectivity index (χ0) is 15.6. The maximum atomic E-state index is 12.5. The fourth-order valence-corrected chi connectivity index (χ4v) is 2.91. The molecule has 0 saturated carbocycles.